The second-order valence-electron chi connectivity index (χ2n) is 7.14. The van der Waals surface area contributed by atoms with E-state index in [0.29, 0.717) is 37.1 Å². The summed E-state index contributed by atoms with van der Waals surface area (Å²) in [6, 6.07) is 5.40. The fourth-order valence-corrected chi connectivity index (χ4v) is 4.58. The van der Waals surface area contributed by atoms with Crippen molar-refractivity contribution in [3.8, 4) is 0 Å². The molecule has 1 aliphatic carbocycles. The summed E-state index contributed by atoms with van der Waals surface area (Å²) in [5.41, 5.74) is 2.06. The third kappa shape index (κ3) is 4.04. The van der Waals surface area contributed by atoms with Gasteiger partial charge in [-0.1, -0.05) is 6.07 Å². The van der Waals surface area contributed by atoms with Crippen LogP contribution in [0.2, 0.25) is 0 Å². The van der Waals surface area contributed by atoms with Gasteiger partial charge in [-0.15, -0.1) is 0 Å². The smallest absolute Gasteiger partial charge is 0.243 e. The molecule has 1 heterocycles. The summed E-state index contributed by atoms with van der Waals surface area (Å²) >= 11 is 0. The Morgan fingerprint density at radius 3 is 2.32 bits per heavy atom. The van der Waals surface area contributed by atoms with Crippen molar-refractivity contribution < 1.29 is 13.2 Å². The lowest BCUT2D eigenvalue weighted by Gasteiger charge is -2.36. The van der Waals surface area contributed by atoms with Crippen LogP contribution in [0.4, 0.5) is 0 Å². The van der Waals surface area contributed by atoms with E-state index in [1.807, 2.05) is 26.8 Å². The second kappa shape index (κ2) is 7.05. The molecule has 0 spiro atoms. The molecule has 138 valence electrons. The fourth-order valence-electron chi connectivity index (χ4n) is 3.07. The molecule has 1 atom stereocenters. The maximum absolute atomic E-state index is 12.8. The number of nitrogens with zero attached hydrogens (tertiary/aromatic N) is 2. The van der Waals surface area contributed by atoms with Crippen molar-refractivity contribution in [3.63, 3.8) is 0 Å². The number of hydrogen-bond acceptors (Lipinski definition) is 4. The first-order valence-corrected chi connectivity index (χ1v) is 10.3. The quantitative estimate of drug-likeness (QED) is 0.853. The Balaban J connectivity index is 1.62. The molecule has 1 aromatic carbocycles. The molecule has 1 N–H and O–H groups in total. The van der Waals surface area contributed by atoms with E-state index in [1.54, 1.807) is 12.1 Å². The SMILES string of the molecule is Cc1ccc(S(=O)(=O)N2CCN(C(C)C(=O)NC3CC3)CC2)cc1C. The molecule has 1 aromatic rings. The number of benzene rings is 1. The predicted molar refractivity (Wildman–Crippen MR) is 96.9 cm³/mol. The minimum absolute atomic E-state index is 0.0490. The maximum atomic E-state index is 12.8. The lowest BCUT2D eigenvalue weighted by atomic mass is 10.1. The summed E-state index contributed by atoms with van der Waals surface area (Å²) in [6.07, 6.45) is 2.14. The number of hydrogen-bond donors (Lipinski definition) is 1. The van der Waals surface area contributed by atoms with Crippen molar-refractivity contribution in [1.82, 2.24) is 14.5 Å². The Labute approximate surface area is 150 Å². The van der Waals surface area contributed by atoms with Crippen molar-refractivity contribution in [2.75, 3.05) is 26.2 Å². The number of carbonyl (C=O) groups excluding carboxylic acids is 1. The van der Waals surface area contributed by atoms with Crippen LogP contribution in [0, 0.1) is 13.8 Å². The maximum Gasteiger partial charge on any atom is 0.243 e. The van der Waals surface area contributed by atoms with Crippen LogP contribution < -0.4 is 5.32 Å². The largest absolute Gasteiger partial charge is 0.352 e. The average molecular weight is 365 g/mol. The van der Waals surface area contributed by atoms with E-state index in [2.05, 4.69) is 10.2 Å². The molecule has 1 amide bonds. The molecule has 25 heavy (non-hydrogen) atoms. The van der Waals surface area contributed by atoms with Gasteiger partial charge in [-0.2, -0.15) is 4.31 Å². The second-order valence-corrected chi connectivity index (χ2v) is 9.08. The Morgan fingerprint density at radius 2 is 1.76 bits per heavy atom. The zero-order chi connectivity index (χ0) is 18.2. The van der Waals surface area contributed by atoms with Crippen molar-refractivity contribution >= 4 is 15.9 Å². The number of aryl methyl sites for hydroxylation is 2. The highest BCUT2D eigenvalue weighted by Crippen LogP contribution is 2.22. The standard InChI is InChI=1S/C18H27N3O3S/c1-13-4-7-17(12-14(13)2)25(23,24)21-10-8-20(9-11-21)15(3)18(22)19-16-5-6-16/h4,7,12,15-16H,5-6,8-11H2,1-3H3,(H,19,22). The lowest BCUT2D eigenvalue weighted by Crippen LogP contribution is -2.55. The van der Waals surface area contributed by atoms with Crippen molar-refractivity contribution in [2.45, 2.75) is 50.6 Å². The van der Waals surface area contributed by atoms with Gasteiger partial charge in [0.15, 0.2) is 0 Å². The van der Waals surface area contributed by atoms with E-state index < -0.39 is 10.0 Å². The summed E-state index contributed by atoms with van der Waals surface area (Å²) in [5, 5.41) is 3.02. The molecule has 6 nitrogen and oxygen atoms in total. The van der Waals surface area contributed by atoms with E-state index in [1.165, 1.54) is 4.31 Å². The number of piperazine rings is 1. The summed E-state index contributed by atoms with van der Waals surface area (Å²) < 4.78 is 27.2. The Hall–Kier alpha value is -1.44. The van der Waals surface area contributed by atoms with Gasteiger partial charge in [0.05, 0.1) is 10.9 Å². The van der Waals surface area contributed by atoms with Gasteiger partial charge in [0.2, 0.25) is 15.9 Å². The number of amides is 1. The molecule has 3 rings (SSSR count). The summed E-state index contributed by atoms with van der Waals surface area (Å²) in [5.74, 6) is 0.0490. The molecule has 1 aliphatic heterocycles. The van der Waals surface area contributed by atoms with Crippen molar-refractivity contribution in [2.24, 2.45) is 0 Å². The number of nitrogens with one attached hydrogen (secondary N) is 1. The first-order chi connectivity index (χ1) is 11.8. The number of carbonyl (C=O) groups is 1. The summed E-state index contributed by atoms with van der Waals surface area (Å²) in [7, 11) is -3.47. The third-order valence-corrected chi connectivity index (χ3v) is 7.13. The number of sulfonamides is 1. The van der Waals surface area contributed by atoms with E-state index in [-0.39, 0.29) is 11.9 Å². The van der Waals surface area contributed by atoms with Gasteiger partial charge in [-0.3, -0.25) is 9.69 Å². The Bertz CT molecular complexity index is 751. The molecular formula is C18H27N3O3S. The van der Waals surface area contributed by atoms with Gasteiger partial charge >= 0.3 is 0 Å². The normalized spacial score (nSPS) is 21.1. The van der Waals surface area contributed by atoms with E-state index >= 15 is 0 Å². The highest BCUT2D eigenvalue weighted by atomic mass is 32.2. The van der Waals surface area contributed by atoms with E-state index in [0.717, 1.165) is 24.0 Å². The van der Waals surface area contributed by atoms with Crippen LogP contribution in [0.1, 0.15) is 30.9 Å². The highest BCUT2D eigenvalue weighted by Gasteiger charge is 2.33. The molecular weight excluding hydrogens is 338 g/mol. The first-order valence-electron chi connectivity index (χ1n) is 8.91. The Morgan fingerprint density at radius 1 is 1.12 bits per heavy atom. The van der Waals surface area contributed by atoms with Crippen LogP contribution in [0.15, 0.2) is 23.1 Å². The van der Waals surface area contributed by atoms with Gasteiger partial charge in [0.25, 0.3) is 0 Å². The molecule has 2 fully saturated rings. The monoisotopic (exact) mass is 365 g/mol. The summed E-state index contributed by atoms with van der Waals surface area (Å²) in [6.45, 7) is 7.76. The Kier molecular flexibility index (Phi) is 5.18. The minimum atomic E-state index is -3.47. The predicted octanol–water partition coefficient (Wildman–Crippen LogP) is 1.28. The van der Waals surface area contributed by atoms with Gasteiger partial charge in [-0.05, 0) is 56.9 Å². The van der Waals surface area contributed by atoms with Crippen LogP contribution in [0.3, 0.4) is 0 Å². The zero-order valence-corrected chi connectivity index (χ0v) is 16.0. The van der Waals surface area contributed by atoms with E-state index in [4.69, 9.17) is 0 Å². The molecule has 1 saturated carbocycles. The zero-order valence-electron chi connectivity index (χ0n) is 15.2. The third-order valence-electron chi connectivity index (χ3n) is 5.24. The number of rotatable bonds is 5. The molecule has 0 radical (unpaired) electrons. The topological polar surface area (TPSA) is 69.7 Å². The van der Waals surface area contributed by atoms with E-state index in [9.17, 15) is 13.2 Å². The van der Waals surface area contributed by atoms with Gasteiger partial charge in [0, 0.05) is 32.2 Å². The summed E-state index contributed by atoms with van der Waals surface area (Å²) in [4.78, 5) is 14.6. The molecule has 1 saturated heterocycles. The van der Waals surface area contributed by atoms with Gasteiger partial charge < -0.3 is 5.32 Å². The molecule has 7 heteroatoms. The first kappa shape index (κ1) is 18.4. The molecule has 1 unspecified atom stereocenters. The molecule has 0 aromatic heterocycles. The van der Waals surface area contributed by atoms with Crippen LogP contribution in [0.25, 0.3) is 0 Å². The average Bonchev–Trinajstić information content (AvgIpc) is 3.40. The van der Waals surface area contributed by atoms with Crippen LogP contribution in [0.5, 0.6) is 0 Å². The fraction of sp³-hybridized carbons (Fsp3) is 0.611. The van der Waals surface area contributed by atoms with Gasteiger partial charge in [0.1, 0.15) is 0 Å². The highest BCUT2D eigenvalue weighted by molar-refractivity contribution is 7.89. The van der Waals surface area contributed by atoms with Gasteiger partial charge in [-0.25, -0.2) is 8.42 Å². The van der Waals surface area contributed by atoms with Crippen molar-refractivity contribution in [3.05, 3.63) is 29.3 Å². The van der Waals surface area contributed by atoms with Crippen LogP contribution in [-0.4, -0.2) is 61.8 Å². The van der Waals surface area contributed by atoms with Crippen molar-refractivity contribution in [1.29, 1.82) is 0 Å². The molecule has 2 aliphatic rings. The lowest BCUT2D eigenvalue weighted by molar-refractivity contribution is -0.126. The minimum Gasteiger partial charge on any atom is -0.352 e. The molecule has 0 bridgehead atoms. The van der Waals surface area contributed by atoms with Crippen LogP contribution >= 0.6 is 0 Å². The van der Waals surface area contributed by atoms with Crippen LogP contribution in [-0.2, 0) is 14.8 Å².